The molecule has 12 nitrogen and oxygen atoms in total. The van der Waals surface area contributed by atoms with Crippen LogP contribution < -0.4 is 20.7 Å². The van der Waals surface area contributed by atoms with Gasteiger partial charge >= 0.3 is 6.03 Å². The fourth-order valence-corrected chi connectivity index (χ4v) is 4.49. The summed E-state index contributed by atoms with van der Waals surface area (Å²) in [4.78, 5) is 44.2. The highest BCUT2D eigenvalue weighted by atomic mass is 19.1. The quantitative estimate of drug-likeness (QED) is 0.299. The van der Waals surface area contributed by atoms with Gasteiger partial charge < -0.3 is 24.7 Å². The number of rotatable bonds is 6. The first kappa shape index (κ1) is 21.6. The van der Waals surface area contributed by atoms with Gasteiger partial charge in [0.2, 0.25) is 0 Å². The summed E-state index contributed by atoms with van der Waals surface area (Å²) in [5, 5.41) is 14.4. The number of hydrogen-bond acceptors (Lipinski definition) is 8. The molecular weight excluding hydrogens is 473 g/mol. The number of aromatic nitrogens is 3. The Morgan fingerprint density at radius 2 is 2.11 bits per heavy atom. The van der Waals surface area contributed by atoms with Crippen LogP contribution in [-0.4, -0.2) is 51.6 Å². The number of urea groups is 1. The highest BCUT2D eigenvalue weighted by Crippen LogP contribution is 2.36. The van der Waals surface area contributed by atoms with Crippen molar-refractivity contribution in [2.75, 3.05) is 19.0 Å². The predicted octanol–water partition coefficient (Wildman–Crippen LogP) is 2.13. The molecule has 3 aromatic heterocycles. The summed E-state index contributed by atoms with van der Waals surface area (Å²) in [5.74, 6) is -1.59. The van der Waals surface area contributed by atoms with Crippen molar-refractivity contribution in [3.8, 4) is 5.75 Å². The van der Waals surface area contributed by atoms with E-state index in [1.165, 1.54) is 24.1 Å². The molecule has 6 rings (SSSR count). The lowest BCUT2D eigenvalue weighted by Crippen LogP contribution is -2.52. The summed E-state index contributed by atoms with van der Waals surface area (Å²) in [7, 11) is 1.31. The standard InChI is InChI=1S/C23H18FN7O5/c1-35-15-3-2-11-9-31(20(32)18(11)19(15)24)10-23(21(33)29-22(34)30-23)16-6-13-14(36-16)4-5-17(28-13)27-12-7-25-26-8-12/h2-8H,9-10H2,1H3,(H,25,26)(H,27,28)(H2,29,30,33,34)/t23-/m0/s1. The number of H-pyrrole nitrogens is 1. The van der Waals surface area contributed by atoms with Crippen LogP contribution in [0.1, 0.15) is 21.7 Å². The number of amides is 4. The molecule has 182 valence electrons. The zero-order valence-corrected chi connectivity index (χ0v) is 18.7. The number of furan rings is 1. The maximum absolute atomic E-state index is 14.8. The molecule has 5 heterocycles. The van der Waals surface area contributed by atoms with E-state index in [1.807, 2.05) is 0 Å². The molecule has 1 fully saturated rings. The zero-order valence-electron chi connectivity index (χ0n) is 18.7. The van der Waals surface area contributed by atoms with Gasteiger partial charge in [-0.05, 0) is 23.8 Å². The van der Waals surface area contributed by atoms with Crippen molar-refractivity contribution in [2.24, 2.45) is 0 Å². The molecule has 2 aliphatic heterocycles. The molecule has 1 saturated heterocycles. The Hall–Kier alpha value is -4.94. The molecule has 0 radical (unpaired) electrons. The third-order valence-corrected chi connectivity index (χ3v) is 6.21. The molecular formula is C23H18FN7O5. The van der Waals surface area contributed by atoms with Gasteiger partial charge in [0, 0.05) is 18.8 Å². The molecule has 0 bridgehead atoms. The second-order valence-corrected chi connectivity index (χ2v) is 8.39. The maximum atomic E-state index is 14.8. The monoisotopic (exact) mass is 491 g/mol. The second kappa shape index (κ2) is 7.80. The number of ether oxygens (including phenoxy) is 1. The molecule has 4 aromatic rings. The summed E-state index contributed by atoms with van der Waals surface area (Å²) in [6.45, 7) is -0.253. The lowest BCUT2D eigenvalue weighted by Gasteiger charge is -2.28. The highest BCUT2D eigenvalue weighted by Gasteiger charge is 2.53. The molecule has 0 saturated carbocycles. The normalized spacial score (nSPS) is 18.9. The molecule has 4 N–H and O–H groups in total. The van der Waals surface area contributed by atoms with Crippen molar-refractivity contribution in [2.45, 2.75) is 12.1 Å². The Morgan fingerprint density at radius 3 is 2.83 bits per heavy atom. The van der Waals surface area contributed by atoms with Crippen LogP contribution in [0.25, 0.3) is 11.1 Å². The SMILES string of the molecule is COc1ccc2c(c1F)C(=O)N(C[C@@]1(c3cc4nc(Nc5cn[nH]c5)ccc4o3)NC(=O)NC1=O)C2. The number of hydrogen-bond donors (Lipinski definition) is 4. The van der Waals surface area contributed by atoms with E-state index >= 15 is 0 Å². The van der Waals surface area contributed by atoms with E-state index in [1.54, 1.807) is 30.6 Å². The largest absolute Gasteiger partial charge is 0.494 e. The van der Waals surface area contributed by atoms with Crippen molar-refractivity contribution in [1.29, 1.82) is 0 Å². The average molecular weight is 491 g/mol. The fourth-order valence-electron chi connectivity index (χ4n) is 4.49. The van der Waals surface area contributed by atoms with Crippen LogP contribution in [0, 0.1) is 5.82 Å². The van der Waals surface area contributed by atoms with Crippen molar-refractivity contribution in [3.05, 3.63) is 65.4 Å². The highest BCUT2D eigenvalue weighted by molar-refractivity contribution is 6.08. The van der Waals surface area contributed by atoms with Crippen molar-refractivity contribution in [1.82, 2.24) is 30.7 Å². The first-order chi connectivity index (χ1) is 17.4. The molecule has 36 heavy (non-hydrogen) atoms. The molecule has 0 unspecified atom stereocenters. The van der Waals surface area contributed by atoms with E-state index in [2.05, 4.69) is 31.1 Å². The topological polar surface area (TPSA) is 154 Å². The smallest absolute Gasteiger partial charge is 0.322 e. The number of carbonyl (C=O) groups is 3. The first-order valence-electron chi connectivity index (χ1n) is 10.8. The summed E-state index contributed by atoms with van der Waals surface area (Å²) >= 11 is 0. The molecule has 13 heteroatoms. The lowest BCUT2D eigenvalue weighted by atomic mass is 9.95. The molecule has 2 aliphatic rings. The fraction of sp³-hybridized carbons (Fsp3) is 0.174. The summed E-state index contributed by atoms with van der Waals surface area (Å²) in [5.41, 5.74) is 0.0469. The Kier molecular flexibility index (Phi) is 4.67. The van der Waals surface area contributed by atoms with Gasteiger partial charge in [-0.1, -0.05) is 6.07 Å². The van der Waals surface area contributed by atoms with Crippen LogP contribution in [0.3, 0.4) is 0 Å². The van der Waals surface area contributed by atoms with E-state index in [0.717, 1.165) is 0 Å². The van der Waals surface area contributed by atoms with Gasteiger partial charge in [-0.25, -0.2) is 14.2 Å². The Bertz CT molecular complexity index is 1550. The number of nitrogens with one attached hydrogen (secondary N) is 4. The van der Waals surface area contributed by atoms with Crippen molar-refractivity contribution >= 4 is 40.5 Å². The van der Waals surface area contributed by atoms with Gasteiger partial charge in [0.15, 0.2) is 22.7 Å². The molecule has 1 atom stereocenters. The van der Waals surface area contributed by atoms with Crippen LogP contribution >= 0.6 is 0 Å². The minimum Gasteiger partial charge on any atom is -0.494 e. The third kappa shape index (κ3) is 3.24. The zero-order chi connectivity index (χ0) is 25.0. The van der Waals surface area contributed by atoms with Crippen LogP contribution in [-0.2, 0) is 16.9 Å². The van der Waals surface area contributed by atoms with E-state index in [9.17, 15) is 18.8 Å². The van der Waals surface area contributed by atoms with Crippen LogP contribution in [0.2, 0.25) is 0 Å². The van der Waals surface area contributed by atoms with Gasteiger partial charge in [0.25, 0.3) is 11.8 Å². The van der Waals surface area contributed by atoms with Crippen LogP contribution in [0.15, 0.2) is 47.1 Å². The van der Waals surface area contributed by atoms with Crippen molar-refractivity contribution in [3.63, 3.8) is 0 Å². The van der Waals surface area contributed by atoms with Crippen molar-refractivity contribution < 1.29 is 27.9 Å². The molecule has 0 spiro atoms. The number of aromatic amines is 1. The summed E-state index contributed by atoms with van der Waals surface area (Å²) in [6, 6.07) is 7.15. The molecule has 1 aromatic carbocycles. The minimum atomic E-state index is -1.74. The first-order valence-corrected chi connectivity index (χ1v) is 10.8. The number of carbonyl (C=O) groups excluding carboxylic acids is 3. The van der Waals surface area contributed by atoms with Crippen LogP contribution in [0.5, 0.6) is 5.75 Å². The minimum absolute atomic E-state index is 0.0389. The number of pyridine rings is 1. The number of nitrogens with zero attached hydrogens (tertiary/aromatic N) is 3. The third-order valence-electron chi connectivity index (χ3n) is 6.21. The second-order valence-electron chi connectivity index (χ2n) is 8.39. The number of imide groups is 1. The van der Waals surface area contributed by atoms with Gasteiger partial charge in [-0.3, -0.25) is 20.0 Å². The number of benzene rings is 1. The number of anilines is 2. The summed E-state index contributed by atoms with van der Waals surface area (Å²) < 4.78 is 25.7. The predicted molar refractivity (Wildman–Crippen MR) is 122 cm³/mol. The Morgan fingerprint density at radius 1 is 1.25 bits per heavy atom. The number of fused-ring (bicyclic) bond motifs is 2. The Balaban J connectivity index is 1.36. The van der Waals surface area contributed by atoms with E-state index in [4.69, 9.17) is 9.15 Å². The van der Waals surface area contributed by atoms with Gasteiger partial charge in [-0.15, -0.1) is 0 Å². The Labute approximate surface area is 201 Å². The number of halogens is 1. The molecule has 0 aliphatic carbocycles. The molecule has 4 amide bonds. The number of methoxy groups -OCH3 is 1. The summed E-state index contributed by atoms with van der Waals surface area (Å²) in [6.07, 6.45) is 3.24. The van der Waals surface area contributed by atoms with Gasteiger partial charge in [0.05, 0.1) is 31.1 Å². The maximum Gasteiger partial charge on any atom is 0.322 e. The van der Waals surface area contributed by atoms with Gasteiger partial charge in [-0.2, -0.15) is 5.10 Å². The van der Waals surface area contributed by atoms with E-state index < -0.39 is 29.2 Å². The lowest BCUT2D eigenvalue weighted by molar-refractivity contribution is -0.125. The van der Waals surface area contributed by atoms with Crippen LogP contribution in [0.4, 0.5) is 20.7 Å². The van der Waals surface area contributed by atoms with E-state index in [0.29, 0.717) is 28.2 Å². The van der Waals surface area contributed by atoms with Gasteiger partial charge in [0.1, 0.15) is 17.1 Å². The van der Waals surface area contributed by atoms with E-state index in [-0.39, 0.29) is 30.2 Å². The average Bonchev–Trinajstić information content (AvgIpc) is 3.62.